The number of ether oxygens (including phenoxy) is 1. The lowest BCUT2D eigenvalue weighted by Gasteiger charge is -2.19. The molecule has 0 saturated heterocycles. The van der Waals surface area contributed by atoms with E-state index in [1.165, 1.54) is 0 Å². The first kappa shape index (κ1) is 16.0. The van der Waals surface area contributed by atoms with Gasteiger partial charge >= 0.3 is 0 Å². The predicted molar refractivity (Wildman–Crippen MR) is 78.1 cm³/mol. The number of aliphatic hydroxyl groups is 1. The van der Waals surface area contributed by atoms with Gasteiger partial charge in [-0.05, 0) is 37.7 Å². The monoisotopic (exact) mass is 272 g/mol. The van der Waals surface area contributed by atoms with Crippen LogP contribution in [0, 0.1) is 29.1 Å². The van der Waals surface area contributed by atoms with Crippen LogP contribution in [0.4, 0.5) is 0 Å². The summed E-state index contributed by atoms with van der Waals surface area (Å²) in [5.74, 6) is 6.36. The molecular formula is C16H20N2O2. The summed E-state index contributed by atoms with van der Waals surface area (Å²) in [5, 5.41) is 17.7. The van der Waals surface area contributed by atoms with Gasteiger partial charge in [-0.3, -0.25) is 0 Å². The van der Waals surface area contributed by atoms with E-state index in [-0.39, 0.29) is 12.5 Å². The SMILES string of the molecule is COc1ccc(C#CCO)c(CN(C)CC(C)C#N)c1. The van der Waals surface area contributed by atoms with Crippen molar-refractivity contribution in [3.63, 3.8) is 0 Å². The smallest absolute Gasteiger partial charge is 0.119 e. The fourth-order valence-corrected chi connectivity index (χ4v) is 1.95. The van der Waals surface area contributed by atoms with Gasteiger partial charge < -0.3 is 14.7 Å². The first-order chi connectivity index (χ1) is 9.60. The van der Waals surface area contributed by atoms with Gasteiger partial charge in [0.05, 0.1) is 19.1 Å². The number of methoxy groups -OCH3 is 1. The molecule has 4 heteroatoms. The van der Waals surface area contributed by atoms with E-state index in [2.05, 4.69) is 22.8 Å². The van der Waals surface area contributed by atoms with Crippen LogP contribution in [0.5, 0.6) is 5.75 Å². The van der Waals surface area contributed by atoms with Crippen molar-refractivity contribution in [2.24, 2.45) is 5.92 Å². The average Bonchev–Trinajstić information content (AvgIpc) is 2.45. The lowest BCUT2D eigenvalue weighted by Crippen LogP contribution is -2.23. The zero-order valence-corrected chi connectivity index (χ0v) is 12.2. The summed E-state index contributed by atoms with van der Waals surface area (Å²) >= 11 is 0. The molecule has 0 aliphatic carbocycles. The van der Waals surface area contributed by atoms with Crippen molar-refractivity contribution in [1.82, 2.24) is 4.90 Å². The Bertz CT molecular complexity index is 538. The molecule has 1 atom stereocenters. The summed E-state index contributed by atoms with van der Waals surface area (Å²) in [6.07, 6.45) is 0. The van der Waals surface area contributed by atoms with Crippen molar-refractivity contribution >= 4 is 0 Å². The van der Waals surface area contributed by atoms with Gasteiger partial charge in [0.2, 0.25) is 0 Å². The second kappa shape index (κ2) is 8.22. The molecule has 0 aliphatic rings. The zero-order chi connectivity index (χ0) is 15.0. The van der Waals surface area contributed by atoms with Crippen LogP contribution in [0.2, 0.25) is 0 Å². The van der Waals surface area contributed by atoms with Crippen molar-refractivity contribution in [3.05, 3.63) is 29.3 Å². The van der Waals surface area contributed by atoms with Crippen LogP contribution in [-0.2, 0) is 6.54 Å². The highest BCUT2D eigenvalue weighted by Gasteiger charge is 2.09. The highest BCUT2D eigenvalue weighted by molar-refractivity contribution is 5.45. The lowest BCUT2D eigenvalue weighted by molar-refractivity contribution is 0.302. The van der Waals surface area contributed by atoms with Crippen LogP contribution in [0.1, 0.15) is 18.1 Å². The van der Waals surface area contributed by atoms with Gasteiger partial charge in [0.15, 0.2) is 0 Å². The summed E-state index contributed by atoms with van der Waals surface area (Å²) in [6.45, 7) is 3.11. The Balaban J connectivity index is 2.92. The number of aliphatic hydroxyl groups excluding tert-OH is 1. The Morgan fingerprint density at radius 1 is 1.45 bits per heavy atom. The molecule has 106 valence electrons. The van der Waals surface area contributed by atoms with E-state index in [0.717, 1.165) is 16.9 Å². The van der Waals surface area contributed by atoms with E-state index >= 15 is 0 Å². The highest BCUT2D eigenvalue weighted by Crippen LogP contribution is 2.19. The van der Waals surface area contributed by atoms with Gasteiger partial charge in [-0.2, -0.15) is 5.26 Å². The maximum absolute atomic E-state index is 8.86. The van der Waals surface area contributed by atoms with Crippen LogP contribution in [0.25, 0.3) is 0 Å². The molecule has 0 heterocycles. The van der Waals surface area contributed by atoms with Crippen LogP contribution in [0.15, 0.2) is 18.2 Å². The van der Waals surface area contributed by atoms with Crippen molar-refractivity contribution in [2.75, 3.05) is 27.3 Å². The van der Waals surface area contributed by atoms with Gasteiger partial charge in [-0.1, -0.05) is 11.8 Å². The number of hydrogen-bond donors (Lipinski definition) is 1. The van der Waals surface area contributed by atoms with Crippen LogP contribution < -0.4 is 4.74 Å². The summed E-state index contributed by atoms with van der Waals surface area (Å²) in [7, 11) is 3.59. The molecule has 0 spiro atoms. The Hall–Kier alpha value is -2.01. The third kappa shape index (κ3) is 4.93. The normalized spacial score (nSPS) is 11.4. The van der Waals surface area contributed by atoms with Gasteiger partial charge in [0.1, 0.15) is 12.4 Å². The van der Waals surface area contributed by atoms with E-state index in [0.29, 0.717) is 13.1 Å². The molecule has 1 rings (SSSR count). The Morgan fingerprint density at radius 2 is 2.20 bits per heavy atom. The molecule has 0 bridgehead atoms. The van der Waals surface area contributed by atoms with Crippen molar-refractivity contribution in [1.29, 1.82) is 5.26 Å². The van der Waals surface area contributed by atoms with E-state index < -0.39 is 0 Å². The summed E-state index contributed by atoms with van der Waals surface area (Å²) < 4.78 is 5.23. The third-order valence-corrected chi connectivity index (χ3v) is 2.86. The molecule has 0 amide bonds. The summed E-state index contributed by atoms with van der Waals surface area (Å²) in [6, 6.07) is 7.90. The number of nitriles is 1. The van der Waals surface area contributed by atoms with Crippen molar-refractivity contribution < 1.29 is 9.84 Å². The number of nitrogens with zero attached hydrogens (tertiary/aromatic N) is 2. The predicted octanol–water partition coefficient (Wildman–Crippen LogP) is 1.63. The second-order valence-electron chi connectivity index (χ2n) is 4.71. The maximum Gasteiger partial charge on any atom is 0.119 e. The van der Waals surface area contributed by atoms with Gasteiger partial charge in [-0.25, -0.2) is 0 Å². The zero-order valence-electron chi connectivity index (χ0n) is 12.2. The molecule has 0 fully saturated rings. The maximum atomic E-state index is 8.86. The first-order valence-corrected chi connectivity index (χ1v) is 6.45. The molecule has 1 aromatic rings. The van der Waals surface area contributed by atoms with Gasteiger partial charge in [0.25, 0.3) is 0 Å². The van der Waals surface area contributed by atoms with Gasteiger partial charge in [0, 0.05) is 18.7 Å². The fourth-order valence-electron chi connectivity index (χ4n) is 1.95. The Morgan fingerprint density at radius 3 is 2.80 bits per heavy atom. The van der Waals surface area contributed by atoms with Crippen LogP contribution in [-0.4, -0.2) is 37.3 Å². The van der Waals surface area contributed by atoms with Crippen molar-refractivity contribution in [3.8, 4) is 23.7 Å². The average molecular weight is 272 g/mol. The number of benzene rings is 1. The van der Waals surface area contributed by atoms with E-state index in [1.54, 1.807) is 7.11 Å². The fraction of sp³-hybridized carbons (Fsp3) is 0.438. The molecular weight excluding hydrogens is 252 g/mol. The molecule has 1 unspecified atom stereocenters. The minimum Gasteiger partial charge on any atom is -0.497 e. The molecule has 1 N–H and O–H groups in total. The molecule has 0 aromatic heterocycles. The molecule has 1 aromatic carbocycles. The van der Waals surface area contributed by atoms with E-state index in [9.17, 15) is 0 Å². The van der Waals surface area contributed by atoms with Crippen molar-refractivity contribution in [2.45, 2.75) is 13.5 Å². The van der Waals surface area contributed by atoms with Crippen LogP contribution >= 0.6 is 0 Å². The van der Waals surface area contributed by atoms with E-state index in [4.69, 9.17) is 15.1 Å². The minimum atomic E-state index is -0.160. The minimum absolute atomic E-state index is 0.0161. The highest BCUT2D eigenvalue weighted by atomic mass is 16.5. The number of hydrogen-bond acceptors (Lipinski definition) is 4. The Kier molecular flexibility index (Phi) is 6.59. The van der Waals surface area contributed by atoms with Crippen LogP contribution in [0.3, 0.4) is 0 Å². The lowest BCUT2D eigenvalue weighted by atomic mass is 10.1. The number of rotatable bonds is 5. The third-order valence-electron chi connectivity index (χ3n) is 2.86. The molecule has 0 aliphatic heterocycles. The Labute approximate surface area is 120 Å². The second-order valence-corrected chi connectivity index (χ2v) is 4.71. The summed E-state index contributed by atoms with van der Waals surface area (Å²) in [5.41, 5.74) is 1.90. The summed E-state index contributed by atoms with van der Waals surface area (Å²) in [4.78, 5) is 2.08. The quantitative estimate of drug-likeness (QED) is 0.828. The standard InChI is InChI=1S/C16H20N2O2/c1-13(10-17)11-18(2)12-15-9-16(20-3)7-6-14(15)5-4-8-19/h6-7,9,13,19H,8,11-12H2,1-3H3. The largest absolute Gasteiger partial charge is 0.497 e. The first-order valence-electron chi connectivity index (χ1n) is 6.45. The van der Waals surface area contributed by atoms with E-state index in [1.807, 2.05) is 32.2 Å². The molecule has 0 saturated carbocycles. The molecule has 4 nitrogen and oxygen atoms in total. The molecule has 0 radical (unpaired) electrons. The molecule has 20 heavy (non-hydrogen) atoms. The topological polar surface area (TPSA) is 56.5 Å². The van der Waals surface area contributed by atoms with Gasteiger partial charge in [-0.15, -0.1) is 0 Å².